The molecule has 9 heteroatoms. The van der Waals surface area contributed by atoms with E-state index in [0.29, 0.717) is 11.7 Å². The summed E-state index contributed by atoms with van der Waals surface area (Å²) in [6.45, 7) is 2.25. The number of carbonyl (C=O) groups is 1. The lowest BCUT2D eigenvalue weighted by Gasteiger charge is -2.16. The number of amides is 1. The molecule has 2 aromatic heterocycles. The number of para-hydroxylation sites is 1. The fraction of sp³-hybridized carbons (Fsp3) is 0.214. The summed E-state index contributed by atoms with van der Waals surface area (Å²) in [6, 6.07) is 8.93. The molecule has 2 heterocycles. The molecule has 0 N–H and O–H groups in total. The van der Waals surface area contributed by atoms with Gasteiger partial charge < -0.3 is 10.1 Å². The summed E-state index contributed by atoms with van der Waals surface area (Å²) in [5.41, 5.74) is 0.841. The minimum Gasteiger partial charge on any atom is -0.358 e. The Morgan fingerprint density at radius 1 is 1.39 bits per heavy atom. The average Bonchev–Trinajstić information content (AvgIpc) is 3.14. The van der Waals surface area contributed by atoms with Gasteiger partial charge >= 0.3 is 5.82 Å². The molecule has 0 unspecified atom stereocenters. The van der Waals surface area contributed by atoms with Crippen molar-refractivity contribution in [2.45, 2.75) is 13.5 Å². The van der Waals surface area contributed by atoms with Crippen LogP contribution in [0.4, 0.5) is 10.9 Å². The van der Waals surface area contributed by atoms with Crippen LogP contribution >= 0.6 is 11.3 Å². The molecule has 3 rings (SSSR count). The van der Waals surface area contributed by atoms with E-state index in [1.807, 2.05) is 31.2 Å². The number of anilines is 1. The van der Waals surface area contributed by atoms with Crippen molar-refractivity contribution in [1.82, 2.24) is 14.8 Å². The number of nitrogens with zero attached hydrogens (tertiary/aromatic N) is 5. The maximum Gasteiger partial charge on any atom is 0.389 e. The predicted octanol–water partition coefficient (Wildman–Crippen LogP) is 2.45. The van der Waals surface area contributed by atoms with Gasteiger partial charge in [-0.15, -0.1) is 0 Å². The molecule has 0 spiro atoms. The maximum absolute atomic E-state index is 12.5. The average molecular weight is 331 g/mol. The molecule has 0 aliphatic carbocycles. The van der Waals surface area contributed by atoms with Crippen molar-refractivity contribution in [3.63, 3.8) is 0 Å². The second kappa shape index (κ2) is 6.13. The smallest absolute Gasteiger partial charge is 0.358 e. The normalized spacial score (nSPS) is 10.8. The number of nitro groups is 1. The second-order valence-electron chi connectivity index (χ2n) is 4.73. The van der Waals surface area contributed by atoms with Gasteiger partial charge in [-0.25, -0.2) is 4.98 Å². The van der Waals surface area contributed by atoms with Crippen molar-refractivity contribution >= 4 is 38.4 Å². The van der Waals surface area contributed by atoms with E-state index in [1.165, 1.54) is 28.3 Å². The van der Waals surface area contributed by atoms with Crippen molar-refractivity contribution in [2.24, 2.45) is 0 Å². The highest BCUT2D eigenvalue weighted by Gasteiger charge is 2.21. The van der Waals surface area contributed by atoms with Gasteiger partial charge in [0, 0.05) is 6.54 Å². The van der Waals surface area contributed by atoms with Gasteiger partial charge in [0.05, 0.1) is 27.6 Å². The third-order valence-electron chi connectivity index (χ3n) is 3.24. The van der Waals surface area contributed by atoms with Crippen LogP contribution in [0.3, 0.4) is 0 Å². The summed E-state index contributed by atoms with van der Waals surface area (Å²) in [6.07, 6.45) is 1.42. The van der Waals surface area contributed by atoms with Gasteiger partial charge in [0.1, 0.15) is 6.54 Å². The summed E-state index contributed by atoms with van der Waals surface area (Å²) >= 11 is 1.44. The Morgan fingerprint density at radius 3 is 2.83 bits per heavy atom. The van der Waals surface area contributed by atoms with Gasteiger partial charge in [0.2, 0.25) is 0 Å². The first-order chi connectivity index (χ1) is 11.1. The molecule has 0 bridgehead atoms. The molecule has 0 aliphatic heterocycles. The Balaban J connectivity index is 1.81. The third-order valence-corrected chi connectivity index (χ3v) is 4.30. The monoisotopic (exact) mass is 331 g/mol. The van der Waals surface area contributed by atoms with Crippen molar-refractivity contribution in [2.75, 3.05) is 11.4 Å². The predicted molar refractivity (Wildman–Crippen MR) is 86.5 cm³/mol. The van der Waals surface area contributed by atoms with Crippen LogP contribution in [0.1, 0.15) is 6.92 Å². The Morgan fingerprint density at radius 2 is 2.17 bits per heavy atom. The van der Waals surface area contributed by atoms with Crippen molar-refractivity contribution in [3.05, 3.63) is 46.6 Å². The number of aromatic nitrogens is 3. The molecule has 0 radical (unpaired) electrons. The molecule has 0 atom stereocenters. The van der Waals surface area contributed by atoms with Crippen LogP contribution < -0.4 is 4.90 Å². The number of benzene rings is 1. The summed E-state index contributed by atoms with van der Waals surface area (Å²) in [5, 5.41) is 15.0. The van der Waals surface area contributed by atoms with E-state index in [9.17, 15) is 14.9 Å². The lowest BCUT2D eigenvalue weighted by atomic mass is 10.3. The zero-order chi connectivity index (χ0) is 16.4. The topological polar surface area (TPSA) is 94.2 Å². The van der Waals surface area contributed by atoms with Gasteiger partial charge in [0.15, 0.2) is 5.13 Å². The highest BCUT2D eigenvalue weighted by molar-refractivity contribution is 7.22. The first kappa shape index (κ1) is 15.1. The van der Waals surface area contributed by atoms with E-state index >= 15 is 0 Å². The number of carbonyl (C=O) groups excluding carboxylic acids is 1. The quantitative estimate of drug-likeness (QED) is 0.529. The van der Waals surface area contributed by atoms with E-state index in [1.54, 1.807) is 4.90 Å². The molecule has 0 fully saturated rings. The van der Waals surface area contributed by atoms with E-state index < -0.39 is 4.92 Å². The SMILES string of the molecule is CCN(C(=O)Cn1ccc([N+](=O)[O-])n1)c1nc2ccccc2s1. The molecular weight excluding hydrogens is 318 g/mol. The zero-order valence-corrected chi connectivity index (χ0v) is 13.1. The van der Waals surface area contributed by atoms with Gasteiger partial charge in [-0.05, 0) is 24.0 Å². The number of thiazole rings is 1. The molecular formula is C14H13N5O3S. The van der Waals surface area contributed by atoms with Crippen molar-refractivity contribution in [1.29, 1.82) is 0 Å². The first-order valence-electron chi connectivity index (χ1n) is 6.92. The van der Waals surface area contributed by atoms with Gasteiger partial charge in [-0.3, -0.25) is 9.69 Å². The van der Waals surface area contributed by atoms with Crippen LogP contribution in [0.25, 0.3) is 10.2 Å². The molecule has 118 valence electrons. The van der Waals surface area contributed by atoms with Crippen LogP contribution in [0, 0.1) is 10.1 Å². The molecule has 0 aliphatic rings. The second-order valence-corrected chi connectivity index (χ2v) is 5.74. The van der Waals surface area contributed by atoms with Gasteiger partial charge in [-0.2, -0.15) is 4.68 Å². The van der Waals surface area contributed by atoms with Crippen LogP contribution in [-0.2, 0) is 11.3 Å². The fourth-order valence-corrected chi connectivity index (χ4v) is 3.20. The number of fused-ring (bicyclic) bond motifs is 1. The van der Waals surface area contributed by atoms with Crippen LogP contribution in [0.2, 0.25) is 0 Å². The first-order valence-corrected chi connectivity index (χ1v) is 7.74. The summed E-state index contributed by atoms with van der Waals surface area (Å²) in [7, 11) is 0. The Hall–Kier alpha value is -2.81. The minimum absolute atomic E-state index is 0.0718. The molecule has 1 aromatic carbocycles. The van der Waals surface area contributed by atoms with Crippen LogP contribution in [0.5, 0.6) is 0 Å². The summed E-state index contributed by atoms with van der Waals surface area (Å²) in [5.74, 6) is -0.495. The Kier molecular flexibility index (Phi) is 4.02. The van der Waals surface area contributed by atoms with Crippen molar-refractivity contribution in [3.8, 4) is 0 Å². The number of likely N-dealkylation sites (N-methyl/N-ethyl adjacent to an activating group) is 1. The number of hydrogen-bond acceptors (Lipinski definition) is 6. The molecule has 8 nitrogen and oxygen atoms in total. The largest absolute Gasteiger partial charge is 0.389 e. The van der Waals surface area contributed by atoms with E-state index in [-0.39, 0.29) is 18.3 Å². The molecule has 3 aromatic rings. The number of hydrogen-bond donors (Lipinski definition) is 0. The zero-order valence-electron chi connectivity index (χ0n) is 12.2. The van der Waals surface area contributed by atoms with E-state index in [2.05, 4.69) is 10.1 Å². The van der Waals surface area contributed by atoms with Gasteiger partial charge in [0.25, 0.3) is 5.91 Å². The maximum atomic E-state index is 12.5. The standard InChI is InChI=1S/C14H13N5O3S/c1-2-18(14-15-10-5-3-4-6-11(10)23-14)13(20)9-17-8-7-12(16-17)19(21)22/h3-8H,2,9H2,1H3. The molecule has 23 heavy (non-hydrogen) atoms. The molecule has 0 saturated heterocycles. The fourth-order valence-electron chi connectivity index (χ4n) is 2.15. The lowest BCUT2D eigenvalue weighted by molar-refractivity contribution is -0.389. The Labute approximate surface area is 135 Å². The summed E-state index contributed by atoms with van der Waals surface area (Å²) < 4.78 is 2.26. The minimum atomic E-state index is -0.591. The highest BCUT2D eigenvalue weighted by Crippen LogP contribution is 2.28. The third kappa shape index (κ3) is 3.04. The van der Waals surface area contributed by atoms with E-state index in [0.717, 1.165) is 10.2 Å². The van der Waals surface area contributed by atoms with Crippen LogP contribution in [-0.4, -0.2) is 32.1 Å². The molecule has 0 saturated carbocycles. The highest BCUT2D eigenvalue weighted by atomic mass is 32.1. The van der Waals surface area contributed by atoms with Crippen molar-refractivity contribution < 1.29 is 9.72 Å². The van der Waals surface area contributed by atoms with Gasteiger partial charge in [-0.1, -0.05) is 23.5 Å². The summed E-state index contributed by atoms with van der Waals surface area (Å²) in [4.78, 5) is 28.5. The lowest BCUT2D eigenvalue weighted by Crippen LogP contribution is -2.33. The number of rotatable bonds is 5. The Bertz CT molecular complexity index is 839. The van der Waals surface area contributed by atoms with E-state index in [4.69, 9.17) is 0 Å². The molecule has 1 amide bonds. The van der Waals surface area contributed by atoms with Crippen LogP contribution in [0.15, 0.2) is 36.5 Å².